The molecule has 0 spiro atoms. The van der Waals surface area contributed by atoms with Gasteiger partial charge in [0.15, 0.2) is 0 Å². The van der Waals surface area contributed by atoms with Crippen LogP contribution in [0.4, 0.5) is 0 Å². The number of nitrogens with one attached hydrogen (secondary N) is 1. The zero-order chi connectivity index (χ0) is 15.0. The number of rotatable bonds is 6. The molecule has 20 heavy (non-hydrogen) atoms. The summed E-state index contributed by atoms with van der Waals surface area (Å²) in [6.45, 7) is 0.263. The van der Waals surface area contributed by atoms with E-state index in [2.05, 4.69) is 25.6 Å². The van der Waals surface area contributed by atoms with Crippen LogP contribution in [-0.4, -0.2) is 44.6 Å². The van der Waals surface area contributed by atoms with E-state index >= 15 is 0 Å². The van der Waals surface area contributed by atoms with E-state index in [0.29, 0.717) is 15.2 Å². The molecule has 2 rings (SSSR count). The van der Waals surface area contributed by atoms with Gasteiger partial charge in [0.1, 0.15) is 4.90 Å². The van der Waals surface area contributed by atoms with Crippen LogP contribution in [0.1, 0.15) is 24.1 Å². The van der Waals surface area contributed by atoms with Gasteiger partial charge in [0.25, 0.3) is 0 Å². The molecule has 1 aliphatic rings. The summed E-state index contributed by atoms with van der Waals surface area (Å²) < 4.78 is 27.9. The third-order valence-electron chi connectivity index (χ3n) is 3.98. The fourth-order valence-electron chi connectivity index (χ4n) is 2.33. The van der Waals surface area contributed by atoms with Crippen LogP contribution in [0.25, 0.3) is 0 Å². The highest BCUT2D eigenvalue weighted by Gasteiger charge is 2.40. The fraction of sp³-hybridized carbons (Fsp3) is 0.667. The smallest absolute Gasteiger partial charge is 0.242 e. The average Bonchev–Trinajstić information content (AvgIpc) is 2.69. The van der Waals surface area contributed by atoms with Crippen molar-refractivity contribution in [2.24, 2.45) is 0 Å². The Morgan fingerprint density at radius 2 is 2.15 bits per heavy atom. The predicted octanol–water partition coefficient (Wildman–Crippen LogP) is 1.77. The van der Waals surface area contributed by atoms with E-state index in [1.165, 1.54) is 17.4 Å². The maximum absolute atomic E-state index is 12.4. The minimum atomic E-state index is -3.55. The first-order chi connectivity index (χ1) is 9.31. The van der Waals surface area contributed by atoms with Gasteiger partial charge >= 0.3 is 0 Å². The topological polar surface area (TPSA) is 69.6 Å². The number of hydrogen-bond donors (Lipinski definition) is 2. The van der Waals surface area contributed by atoms with Crippen molar-refractivity contribution in [1.29, 1.82) is 0 Å². The van der Waals surface area contributed by atoms with Gasteiger partial charge < -0.3 is 10.0 Å². The van der Waals surface area contributed by atoms with Crippen LogP contribution in [0.5, 0.6) is 0 Å². The fourth-order valence-corrected chi connectivity index (χ4v) is 5.99. The molecule has 8 heteroatoms. The van der Waals surface area contributed by atoms with Gasteiger partial charge in [0.05, 0.1) is 10.4 Å². The number of nitrogens with zero attached hydrogens (tertiary/aromatic N) is 1. The molecule has 1 saturated carbocycles. The van der Waals surface area contributed by atoms with E-state index in [0.717, 1.165) is 19.3 Å². The highest BCUT2D eigenvalue weighted by molar-refractivity contribution is 9.11. The second kappa shape index (κ2) is 6.02. The summed E-state index contributed by atoms with van der Waals surface area (Å²) >= 11 is 4.49. The lowest BCUT2D eigenvalue weighted by molar-refractivity contribution is 0.0657. The minimum Gasteiger partial charge on any atom is -0.391 e. The Morgan fingerprint density at radius 3 is 2.55 bits per heavy atom. The van der Waals surface area contributed by atoms with Crippen molar-refractivity contribution in [3.8, 4) is 0 Å². The number of hydrogen-bond acceptors (Lipinski definition) is 5. The van der Waals surface area contributed by atoms with Crippen molar-refractivity contribution in [2.45, 2.75) is 36.3 Å². The SMILES string of the molecule is CN(C)C1(CNS(=O)(=O)c2cc(CO)sc2Br)CCC1. The van der Waals surface area contributed by atoms with Gasteiger partial charge in [0.2, 0.25) is 10.0 Å². The van der Waals surface area contributed by atoms with Crippen LogP contribution >= 0.6 is 27.3 Å². The molecule has 114 valence electrons. The van der Waals surface area contributed by atoms with Crippen LogP contribution < -0.4 is 4.72 Å². The molecule has 5 nitrogen and oxygen atoms in total. The van der Waals surface area contributed by atoms with Crippen molar-refractivity contribution < 1.29 is 13.5 Å². The largest absolute Gasteiger partial charge is 0.391 e. The Bertz CT molecular complexity index is 580. The summed E-state index contributed by atoms with van der Waals surface area (Å²) in [7, 11) is 0.421. The molecule has 0 aromatic carbocycles. The molecule has 1 fully saturated rings. The monoisotopic (exact) mass is 382 g/mol. The molecule has 1 aromatic heterocycles. The lowest BCUT2D eigenvalue weighted by Gasteiger charge is -2.47. The zero-order valence-electron chi connectivity index (χ0n) is 11.5. The van der Waals surface area contributed by atoms with E-state index in [9.17, 15) is 8.42 Å². The first kappa shape index (κ1) is 16.4. The van der Waals surface area contributed by atoms with E-state index in [1.54, 1.807) is 0 Å². The molecule has 0 atom stereocenters. The second-order valence-corrected chi connectivity index (χ2v) is 9.50. The number of aliphatic hydroxyl groups excluding tert-OH is 1. The Kier molecular flexibility index (Phi) is 4.93. The molecule has 0 bridgehead atoms. The van der Waals surface area contributed by atoms with Crippen molar-refractivity contribution in [1.82, 2.24) is 9.62 Å². The summed E-state index contributed by atoms with van der Waals surface area (Å²) in [5.41, 5.74) is -0.0601. The first-order valence-electron chi connectivity index (χ1n) is 6.37. The second-order valence-electron chi connectivity index (χ2n) is 5.31. The Hall–Kier alpha value is 0.01000. The maximum atomic E-state index is 12.4. The van der Waals surface area contributed by atoms with Crippen LogP contribution in [-0.2, 0) is 16.6 Å². The maximum Gasteiger partial charge on any atom is 0.242 e. The number of likely N-dealkylation sites (N-methyl/N-ethyl adjacent to an activating group) is 1. The first-order valence-corrected chi connectivity index (χ1v) is 9.46. The van der Waals surface area contributed by atoms with Crippen LogP contribution in [0, 0.1) is 0 Å². The molecule has 1 aliphatic carbocycles. The van der Waals surface area contributed by atoms with Crippen molar-refractivity contribution in [2.75, 3.05) is 20.6 Å². The summed E-state index contributed by atoms with van der Waals surface area (Å²) in [6.07, 6.45) is 3.15. The molecule has 0 saturated heterocycles. The Labute approximate surface area is 132 Å². The molecule has 0 amide bonds. The quantitative estimate of drug-likeness (QED) is 0.786. The summed E-state index contributed by atoms with van der Waals surface area (Å²) in [4.78, 5) is 2.93. The molecule has 0 radical (unpaired) electrons. The summed E-state index contributed by atoms with van der Waals surface area (Å²) in [5.74, 6) is 0. The number of aliphatic hydroxyl groups is 1. The van der Waals surface area contributed by atoms with Gasteiger partial charge in [-0.05, 0) is 55.4 Å². The Balaban J connectivity index is 2.13. The number of halogens is 1. The van der Waals surface area contributed by atoms with Gasteiger partial charge in [0, 0.05) is 17.0 Å². The summed E-state index contributed by atoms with van der Waals surface area (Å²) in [6, 6.07) is 1.51. The molecular weight excluding hydrogens is 364 g/mol. The van der Waals surface area contributed by atoms with Crippen LogP contribution in [0.15, 0.2) is 14.7 Å². The van der Waals surface area contributed by atoms with Crippen molar-refractivity contribution >= 4 is 37.3 Å². The number of thiophene rings is 1. The van der Waals surface area contributed by atoms with E-state index in [4.69, 9.17) is 5.11 Å². The van der Waals surface area contributed by atoms with Crippen LogP contribution in [0.3, 0.4) is 0 Å². The van der Waals surface area contributed by atoms with E-state index < -0.39 is 10.0 Å². The van der Waals surface area contributed by atoms with E-state index in [-0.39, 0.29) is 17.0 Å². The highest BCUT2D eigenvalue weighted by atomic mass is 79.9. The molecule has 0 aliphatic heterocycles. The van der Waals surface area contributed by atoms with Crippen LogP contribution in [0.2, 0.25) is 0 Å². The number of sulfonamides is 1. The van der Waals surface area contributed by atoms with E-state index in [1.807, 2.05) is 14.1 Å². The van der Waals surface area contributed by atoms with Gasteiger partial charge in [-0.2, -0.15) is 0 Å². The normalized spacial score (nSPS) is 18.2. The third-order valence-corrected chi connectivity index (χ3v) is 7.61. The standard InChI is InChI=1S/C12H19BrN2O3S2/c1-15(2)12(4-3-5-12)8-14-20(17,18)10-6-9(7-16)19-11(10)13/h6,14,16H,3-5,7-8H2,1-2H3. The Morgan fingerprint density at radius 1 is 1.50 bits per heavy atom. The van der Waals surface area contributed by atoms with Crippen molar-refractivity contribution in [3.05, 3.63) is 14.7 Å². The highest BCUT2D eigenvalue weighted by Crippen LogP contribution is 2.36. The molecule has 1 aromatic rings. The van der Waals surface area contributed by atoms with Gasteiger partial charge in [-0.15, -0.1) is 11.3 Å². The zero-order valence-corrected chi connectivity index (χ0v) is 14.7. The lowest BCUT2D eigenvalue weighted by Crippen LogP contribution is -2.57. The summed E-state index contributed by atoms with van der Waals surface area (Å²) in [5, 5.41) is 9.09. The molecule has 2 N–H and O–H groups in total. The van der Waals surface area contributed by atoms with Gasteiger partial charge in [-0.25, -0.2) is 13.1 Å². The molecular formula is C12H19BrN2O3S2. The predicted molar refractivity (Wildman–Crippen MR) is 83.4 cm³/mol. The average molecular weight is 383 g/mol. The molecule has 1 heterocycles. The van der Waals surface area contributed by atoms with Gasteiger partial charge in [-0.3, -0.25) is 0 Å². The minimum absolute atomic E-state index is 0.0601. The molecule has 0 unspecified atom stereocenters. The lowest BCUT2D eigenvalue weighted by atomic mass is 9.76. The van der Waals surface area contributed by atoms with Crippen molar-refractivity contribution in [3.63, 3.8) is 0 Å². The van der Waals surface area contributed by atoms with Gasteiger partial charge in [-0.1, -0.05) is 0 Å². The third kappa shape index (κ3) is 3.10.